The second-order valence-electron chi connectivity index (χ2n) is 6.01. The van der Waals surface area contributed by atoms with E-state index in [0.29, 0.717) is 31.9 Å². The number of nitrogens with two attached hydrogens (primary N) is 1. The molecular formula is C17H21N5O4. The van der Waals surface area contributed by atoms with Crippen molar-refractivity contribution in [3.63, 3.8) is 0 Å². The van der Waals surface area contributed by atoms with Crippen molar-refractivity contribution in [2.24, 2.45) is 0 Å². The summed E-state index contributed by atoms with van der Waals surface area (Å²) in [5.41, 5.74) is 6.24. The van der Waals surface area contributed by atoms with Crippen LogP contribution in [0.3, 0.4) is 0 Å². The molecule has 1 fully saturated rings. The fourth-order valence-corrected chi connectivity index (χ4v) is 2.76. The highest BCUT2D eigenvalue weighted by molar-refractivity contribution is 5.78. The van der Waals surface area contributed by atoms with Crippen LogP contribution in [0.5, 0.6) is 0 Å². The summed E-state index contributed by atoms with van der Waals surface area (Å²) in [6.07, 6.45) is 2.05. The first-order chi connectivity index (χ1) is 12.6. The molecule has 9 nitrogen and oxygen atoms in total. The lowest BCUT2D eigenvalue weighted by Gasteiger charge is -2.32. The SMILES string of the molecule is Nc1nc(CC(=O)N[C@@H]2CCOC[C@H]2OCc2ccccn2)cc(=O)[nH]1. The van der Waals surface area contributed by atoms with Crippen LogP contribution in [-0.2, 0) is 27.3 Å². The molecule has 1 saturated heterocycles. The van der Waals surface area contributed by atoms with Crippen LogP contribution in [0, 0.1) is 0 Å². The monoisotopic (exact) mass is 359 g/mol. The number of pyridine rings is 1. The lowest BCUT2D eigenvalue weighted by molar-refractivity contribution is -0.126. The molecule has 3 rings (SSSR count). The summed E-state index contributed by atoms with van der Waals surface area (Å²) in [4.78, 5) is 34.2. The molecule has 138 valence electrons. The normalized spacial score (nSPS) is 19.8. The van der Waals surface area contributed by atoms with Crippen LogP contribution in [0.2, 0.25) is 0 Å². The summed E-state index contributed by atoms with van der Waals surface area (Å²) in [6, 6.07) is 6.68. The van der Waals surface area contributed by atoms with Gasteiger partial charge in [-0.1, -0.05) is 6.07 Å². The number of nitrogens with zero attached hydrogens (tertiary/aromatic N) is 2. The first-order valence-electron chi connectivity index (χ1n) is 8.34. The molecule has 9 heteroatoms. The average Bonchev–Trinajstić information content (AvgIpc) is 2.61. The average molecular weight is 359 g/mol. The maximum Gasteiger partial charge on any atom is 0.252 e. The van der Waals surface area contributed by atoms with E-state index in [1.54, 1.807) is 6.20 Å². The molecule has 1 aliphatic rings. The van der Waals surface area contributed by atoms with E-state index in [-0.39, 0.29) is 36.0 Å². The van der Waals surface area contributed by atoms with E-state index in [2.05, 4.69) is 20.3 Å². The number of amides is 1. The Morgan fingerprint density at radius 3 is 3.08 bits per heavy atom. The summed E-state index contributed by atoms with van der Waals surface area (Å²) in [6.45, 7) is 1.28. The highest BCUT2D eigenvalue weighted by Gasteiger charge is 2.28. The molecule has 1 aliphatic heterocycles. The Balaban J connectivity index is 1.57. The van der Waals surface area contributed by atoms with Crippen molar-refractivity contribution in [1.29, 1.82) is 0 Å². The molecule has 0 unspecified atom stereocenters. The Bertz CT molecular complexity index is 795. The number of aromatic nitrogens is 3. The van der Waals surface area contributed by atoms with Crippen LogP contribution < -0.4 is 16.6 Å². The van der Waals surface area contributed by atoms with Gasteiger partial charge in [0.1, 0.15) is 6.10 Å². The Hall–Kier alpha value is -2.78. The summed E-state index contributed by atoms with van der Waals surface area (Å²) in [7, 11) is 0. The molecule has 0 aliphatic carbocycles. The van der Waals surface area contributed by atoms with Gasteiger partial charge in [0, 0.05) is 18.9 Å². The number of hydrogen-bond donors (Lipinski definition) is 3. The molecule has 4 N–H and O–H groups in total. The molecule has 2 aromatic heterocycles. The molecule has 1 amide bonds. The molecular weight excluding hydrogens is 338 g/mol. The minimum absolute atomic E-state index is 0.0112. The zero-order valence-electron chi connectivity index (χ0n) is 14.2. The molecule has 3 heterocycles. The first-order valence-corrected chi connectivity index (χ1v) is 8.34. The van der Waals surface area contributed by atoms with Gasteiger partial charge >= 0.3 is 0 Å². The van der Waals surface area contributed by atoms with Gasteiger partial charge in [0.15, 0.2) is 0 Å². The van der Waals surface area contributed by atoms with E-state index in [1.165, 1.54) is 6.07 Å². The molecule has 0 aromatic carbocycles. The van der Waals surface area contributed by atoms with Crippen molar-refractivity contribution in [2.45, 2.75) is 31.6 Å². The zero-order valence-corrected chi connectivity index (χ0v) is 14.2. The van der Waals surface area contributed by atoms with E-state index in [9.17, 15) is 9.59 Å². The number of nitrogens with one attached hydrogen (secondary N) is 2. The molecule has 2 atom stereocenters. The quantitative estimate of drug-likeness (QED) is 0.649. The van der Waals surface area contributed by atoms with Gasteiger partial charge in [-0.25, -0.2) is 4.98 Å². The Morgan fingerprint density at radius 1 is 1.42 bits per heavy atom. The number of ether oxygens (including phenoxy) is 2. The number of hydrogen-bond acceptors (Lipinski definition) is 7. The van der Waals surface area contributed by atoms with E-state index >= 15 is 0 Å². The minimum Gasteiger partial charge on any atom is -0.379 e. The number of aromatic amines is 1. The fraction of sp³-hybridized carbons (Fsp3) is 0.412. The smallest absolute Gasteiger partial charge is 0.252 e. The summed E-state index contributed by atoms with van der Waals surface area (Å²) < 4.78 is 11.3. The number of anilines is 1. The molecule has 0 bridgehead atoms. The molecule has 2 aromatic rings. The number of carbonyl (C=O) groups excluding carboxylic acids is 1. The highest BCUT2D eigenvalue weighted by atomic mass is 16.5. The van der Waals surface area contributed by atoms with Crippen molar-refractivity contribution >= 4 is 11.9 Å². The van der Waals surface area contributed by atoms with Gasteiger partial charge < -0.3 is 20.5 Å². The van der Waals surface area contributed by atoms with E-state index in [0.717, 1.165) is 5.69 Å². The lowest BCUT2D eigenvalue weighted by atomic mass is 10.1. The second-order valence-corrected chi connectivity index (χ2v) is 6.01. The van der Waals surface area contributed by atoms with E-state index < -0.39 is 0 Å². The Morgan fingerprint density at radius 2 is 2.31 bits per heavy atom. The van der Waals surface area contributed by atoms with Crippen molar-refractivity contribution in [3.05, 3.63) is 52.2 Å². The van der Waals surface area contributed by atoms with E-state index in [4.69, 9.17) is 15.2 Å². The van der Waals surface area contributed by atoms with Crippen LogP contribution >= 0.6 is 0 Å². The van der Waals surface area contributed by atoms with Crippen LogP contribution in [-0.4, -0.2) is 46.2 Å². The molecule has 26 heavy (non-hydrogen) atoms. The summed E-state index contributed by atoms with van der Waals surface area (Å²) in [5, 5.41) is 2.94. The van der Waals surface area contributed by atoms with Gasteiger partial charge in [-0.15, -0.1) is 0 Å². The Labute approximate surface area is 150 Å². The van der Waals surface area contributed by atoms with Crippen molar-refractivity contribution < 1.29 is 14.3 Å². The molecule has 0 radical (unpaired) electrons. The maximum atomic E-state index is 12.3. The van der Waals surface area contributed by atoms with Crippen LogP contribution in [0.4, 0.5) is 5.95 Å². The summed E-state index contributed by atoms with van der Waals surface area (Å²) >= 11 is 0. The van der Waals surface area contributed by atoms with Gasteiger partial charge in [0.05, 0.1) is 37.1 Å². The van der Waals surface area contributed by atoms with Gasteiger partial charge in [-0.2, -0.15) is 0 Å². The molecule has 0 spiro atoms. The third-order valence-corrected chi connectivity index (χ3v) is 3.98. The number of nitrogen functional groups attached to an aromatic ring is 1. The predicted octanol–water partition coefficient (Wildman–Crippen LogP) is -0.220. The van der Waals surface area contributed by atoms with Gasteiger partial charge in [-0.3, -0.25) is 19.6 Å². The molecule has 0 saturated carbocycles. The minimum atomic E-state index is -0.386. The van der Waals surface area contributed by atoms with Crippen molar-refractivity contribution in [3.8, 4) is 0 Å². The fourth-order valence-electron chi connectivity index (χ4n) is 2.76. The van der Waals surface area contributed by atoms with Gasteiger partial charge in [0.25, 0.3) is 5.56 Å². The highest BCUT2D eigenvalue weighted by Crippen LogP contribution is 2.13. The lowest BCUT2D eigenvalue weighted by Crippen LogP contribution is -2.50. The summed E-state index contributed by atoms with van der Waals surface area (Å²) in [5.74, 6) is -0.260. The zero-order chi connectivity index (χ0) is 18.4. The standard InChI is InChI=1S/C17H21N5O4/c18-17-20-12(8-16(24)22-17)7-15(23)21-13-4-6-25-10-14(13)26-9-11-3-1-2-5-19-11/h1-3,5,8,13-14H,4,6-7,9-10H2,(H,21,23)(H3,18,20,22,24)/t13-,14-/m1/s1. The van der Waals surface area contributed by atoms with Gasteiger partial charge in [0.2, 0.25) is 11.9 Å². The third-order valence-electron chi connectivity index (χ3n) is 3.98. The Kier molecular flexibility index (Phi) is 5.92. The van der Waals surface area contributed by atoms with Crippen LogP contribution in [0.15, 0.2) is 35.3 Å². The van der Waals surface area contributed by atoms with Gasteiger partial charge in [-0.05, 0) is 18.6 Å². The van der Waals surface area contributed by atoms with Crippen molar-refractivity contribution in [2.75, 3.05) is 18.9 Å². The first kappa shape index (κ1) is 18.0. The van der Waals surface area contributed by atoms with E-state index in [1.807, 2.05) is 18.2 Å². The third kappa shape index (κ3) is 5.11. The maximum absolute atomic E-state index is 12.3. The topological polar surface area (TPSA) is 132 Å². The van der Waals surface area contributed by atoms with Crippen molar-refractivity contribution in [1.82, 2.24) is 20.3 Å². The number of H-pyrrole nitrogens is 1. The largest absolute Gasteiger partial charge is 0.379 e. The number of carbonyl (C=O) groups is 1. The van der Waals surface area contributed by atoms with Crippen LogP contribution in [0.1, 0.15) is 17.8 Å². The predicted molar refractivity (Wildman–Crippen MR) is 93.2 cm³/mol. The number of rotatable bonds is 6. The van der Waals surface area contributed by atoms with Crippen LogP contribution in [0.25, 0.3) is 0 Å². The second kappa shape index (κ2) is 8.54.